The maximum Gasteiger partial charge on any atom is 0.290 e. The number of anilines is 2. The van der Waals surface area contributed by atoms with Crippen molar-refractivity contribution in [2.75, 3.05) is 36.5 Å². The second-order valence-corrected chi connectivity index (χ2v) is 5.99. The largest absolute Gasteiger partial charge is 0.429 e. The zero-order valence-electron chi connectivity index (χ0n) is 14.4. The molecule has 0 atom stereocenters. The van der Waals surface area contributed by atoms with Crippen LogP contribution in [0.4, 0.5) is 11.5 Å². The van der Waals surface area contributed by atoms with E-state index in [1.54, 1.807) is 0 Å². The van der Waals surface area contributed by atoms with Gasteiger partial charge in [0.15, 0.2) is 0 Å². The smallest absolute Gasteiger partial charge is 0.290 e. The number of para-hydroxylation sites is 1. The molecule has 0 radical (unpaired) electrons. The van der Waals surface area contributed by atoms with Crippen LogP contribution in [-0.4, -0.2) is 31.3 Å². The molecule has 134 valence electrons. The number of pyridine rings is 1. The molecule has 0 aliphatic carbocycles. The van der Waals surface area contributed by atoms with E-state index in [1.165, 1.54) is 0 Å². The molecule has 0 bridgehead atoms. The highest BCUT2D eigenvalue weighted by Crippen LogP contribution is 2.24. The predicted octanol–water partition coefficient (Wildman–Crippen LogP) is 3.92. The van der Waals surface area contributed by atoms with Crippen LogP contribution in [0.5, 0.6) is 11.7 Å². The van der Waals surface area contributed by atoms with Crippen LogP contribution in [0.3, 0.4) is 0 Å². The summed E-state index contributed by atoms with van der Waals surface area (Å²) in [6.45, 7) is 3.90. The lowest BCUT2D eigenvalue weighted by Gasteiger charge is -2.28. The maximum absolute atomic E-state index is 5.69. The number of aromatic nitrogens is 1. The molecule has 1 N–H and O–H groups in total. The Kier molecular flexibility index (Phi) is 5.02. The first-order valence-electron chi connectivity index (χ1n) is 8.71. The molecular formula is C20H21N3O3. The molecule has 4 rings (SSSR count). The van der Waals surface area contributed by atoms with E-state index >= 15 is 0 Å². The second kappa shape index (κ2) is 7.93. The van der Waals surface area contributed by atoms with Gasteiger partial charge in [0.05, 0.1) is 31.6 Å². The number of rotatable bonds is 6. The summed E-state index contributed by atoms with van der Waals surface area (Å²) in [6.07, 6.45) is 1.89. The van der Waals surface area contributed by atoms with Crippen LogP contribution in [0.1, 0.15) is 5.76 Å². The van der Waals surface area contributed by atoms with E-state index in [0.29, 0.717) is 12.5 Å². The van der Waals surface area contributed by atoms with E-state index < -0.39 is 0 Å². The highest BCUT2D eigenvalue weighted by Gasteiger charge is 2.11. The zero-order valence-corrected chi connectivity index (χ0v) is 14.4. The van der Waals surface area contributed by atoms with Gasteiger partial charge in [0, 0.05) is 19.2 Å². The molecule has 0 amide bonds. The van der Waals surface area contributed by atoms with Crippen molar-refractivity contribution in [3.63, 3.8) is 0 Å². The van der Waals surface area contributed by atoms with E-state index in [1.807, 2.05) is 54.7 Å². The van der Waals surface area contributed by atoms with Crippen molar-refractivity contribution in [2.24, 2.45) is 0 Å². The summed E-state index contributed by atoms with van der Waals surface area (Å²) < 4.78 is 16.7. The van der Waals surface area contributed by atoms with Crippen LogP contribution < -0.4 is 15.0 Å². The number of furan rings is 1. The monoisotopic (exact) mass is 351 g/mol. The molecule has 0 spiro atoms. The SMILES string of the molecule is c1ccc(Oc2ccc(CNc3ccc(N4CCOCC4)cn3)o2)cc1. The number of nitrogens with zero attached hydrogens (tertiary/aromatic N) is 2. The molecule has 26 heavy (non-hydrogen) atoms. The Hall–Kier alpha value is -2.99. The third-order valence-corrected chi connectivity index (χ3v) is 4.17. The minimum Gasteiger partial charge on any atom is -0.429 e. The summed E-state index contributed by atoms with van der Waals surface area (Å²) in [5.74, 6) is 2.82. The normalized spacial score (nSPS) is 14.2. The molecule has 0 saturated carbocycles. The van der Waals surface area contributed by atoms with Crippen LogP contribution in [0.15, 0.2) is 65.2 Å². The van der Waals surface area contributed by atoms with E-state index in [9.17, 15) is 0 Å². The van der Waals surface area contributed by atoms with Crippen molar-refractivity contribution in [1.82, 2.24) is 4.98 Å². The lowest BCUT2D eigenvalue weighted by Crippen LogP contribution is -2.36. The van der Waals surface area contributed by atoms with E-state index in [4.69, 9.17) is 13.9 Å². The fourth-order valence-electron chi connectivity index (χ4n) is 2.79. The Morgan fingerprint density at radius 3 is 2.62 bits per heavy atom. The molecule has 1 aromatic carbocycles. The summed E-state index contributed by atoms with van der Waals surface area (Å²) in [5.41, 5.74) is 1.12. The van der Waals surface area contributed by atoms with Gasteiger partial charge in [-0.3, -0.25) is 0 Å². The quantitative estimate of drug-likeness (QED) is 0.726. The Morgan fingerprint density at radius 2 is 1.85 bits per heavy atom. The standard InChI is InChI=1S/C20H21N3O3/c1-2-4-17(5-3-1)25-20-9-7-18(26-20)15-22-19-8-6-16(14-21-19)23-10-12-24-13-11-23/h1-9,14H,10-13,15H2,(H,21,22). The molecular weight excluding hydrogens is 330 g/mol. The lowest BCUT2D eigenvalue weighted by molar-refractivity contribution is 0.122. The van der Waals surface area contributed by atoms with E-state index in [-0.39, 0.29) is 0 Å². The summed E-state index contributed by atoms with van der Waals surface area (Å²) >= 11 is 0. The number of hydrogen-bond acceptors (Lipinski definition) is 6. The molecule has 6 heteroatoms. The van der Waals surface area contributed by atoms with Gasteiger partial charge in [0.2, 0.25) is 0 Å². The van der Waals surface area contributed by atoms with E-state index in [2.05, 4.69) is 21.3 Å². The van der Waals surface area contributed by atoms with Gasteiger partial charge >= 0.3 is 0 Å². The van der Waals surface area contributed by atoms with Crippen molar-refractivity contribution in [1.29, 1.82) is 0 Å². The fourth-order valence-corrected chi connectivity index (χ4v) is 2.79. The predicted molar refractivity (Wildman–Crippen MR) is 99.8 cm³/mol. The van der Waals surface area contributed by atoms with Crippen molar-refractivity contribution in [2.45, 2.75) is 6.54 Å². The molecule has 1 aliphatic rings. The van der Waals surface area contributed by atoms with Crippen molar-refractivity contribution >= 4 is 11.5 Å². The van der Waals surface area contributed by atoms with Crippen molar-refractivity contribution in [3.05, 3.63) is 66.6 Å². The lowest BCUT2D eigenvalue weighted by atomic mass is 10.3. The number of ether oxygens (including phenoxy) is 2. The summed E-state index contributed by atoms with van der Waals surface area (Å²) in [7, 11) is 0. The molecule has 0 unspecified atom stereocenters. The Morgan fingerprint density at radius 1 is 1.00 bits per heavy atom. The van der Waals surface area contributed by atoms with Gasteiger partial charge in [-0.1, -0.05) is 18.2 Å². The van der Waals surface area contributed by atoms with Crippen LogP contribution in [0.2, 0.25) is 0 Å². The van der Waals surface area contributed by atoms with Crippen LogP contribution >= 0.6 is 0 Å². The molecule has 1 fully saturated rings. The average Bonchev–Trinajstić information content (AvgIpc) is 3.16. The Balaban J connectivity index is 1.31. The van der Waals surface area contributed by atoms with Crippen LogP contribution in [0, 0.1) is 0 Å². The van der Waals surface area contributed by atoms with Crippen molar-refractivity contribution in [3.8, 4) is 11.7 Å². The van der Waals surface area contributed by atoms with Gasteiger partial charge < -0.3 is 24.1 Å². The Bertz CT molecular complexity index is 812. The number of benzene rings is 1. The van der Waals surface area contributed by atoms with Gasteiger partial charge in [-0.2, -0.15) is 0 Å². The molecule has 3 heterocycles. The number of nitrogens with one attached hydrogen (secondary N) is 1. The summed E-state index contributed by atoms with van der Waals surface area (Å²) in [6, 6.07) is 17.3. The number of hydrogen-bond donors (Lipinski definition) is 1. The maximum atomic E-state index is 5.69. The second-order valence-electron chi connectivity index (χ2n) is 5.99. The van der Waals surface area contributed by atoms with Crippen LogP contribution in [-0.2, 0) is 11.3 Å². The fraction of sp³-hybridized carbons (Fsp3) is 0.250. The third-order valence-electron chi connectivity index (χ3n) is 4.17. The molecule has 6 nitrogen and oxygen atoms in total. The summed E-state index contributed by atoms with van der Waals surface area (Å²) in [4.78, 5) is 6.75. The first kappa shape index (κ1) is 16.5. The van der Waals surface area contributed by atoms with Gasteiger partial charge in [-0.15, -0.1) is 0 Å². The highest BCUT2D eigenvalue weighted by atomic mass is 16.6. The molecule has 3 aromatic rings. The summed E-state index contributed by atoms with van der Waals surface area (Å²) in [5, 5.41) is 3.26. The highest BCUT2D eigenvalue weighted by molar-refractivity contribution is 5.49. The minimum absolute atomic E-state index is 0.476. The van der Waals surface area contributed by atoms with Gasteiger partial charge in [-0.25, -0.2) is 4.98 Å². The minimum atomic E-state index is 0.476. The first-order chi connectivity index (χ1) is 12.9. The van der Waals surface area contributed by atoms with E-state index in [0.717, 1.165) is 49.3 Å². The zero-order chi connectivity index (χ0) is 17.6. The first-order valence-corrected chi connectivity index (χ1v) is 8.71. The third kappa shape index (κ3) is 4.15. The average molecular weight is 351 g/mol. The van der Waals surface area contributed by atoms with Gasteiger partial charge in [0.1, 0.15) is 17.3 Å². The molecule has 1 saturated heterocycles. The van der Waals surface area contributed by atoms with Crippen molar-refractivity contribution < 1.29 is 13.9 Å². The van der Waals surface area contributed by atoms with Gasteiger partial charge in [-0.05, 0) is 30.3 Å². The molecule has 1 aliphatic heterocycles. The number of morpholine rings is 1. The molecule has 2 aromatic heterocycles. The van der Waals surface area contributed by atoms with Gasteiger partial charge in [0.25, 0.3) is 5.95 Å². The Labute approximate surface area is 152 Å². The topological polar surface area (TPSA) is 59.8 Å². The van der Waals surface area contributed by atoms with Crippen LogP contribution in [0.25, 0.3) is 0 Å².